The zero-order chi connectivity index (χ0) is 21.4. The number of ketones is 1. The van der Waals surface area contributed by atoms with Crippen LogP contribution in [0.1, 0.15) is 28.5 Å². The van der Waals surface area contributed by atoms with E-state index in [1.54, 1.807) is 4.90 Å². The number of carbonyl (C=O) groups is 2. The standard InChI is InChI=1S/C24H28N4O3/c1-2-27-15-19(24(30)28-9-11-31-12-10-28)23(29)22-20(27)7-8-21(26-22)25-18-13-16-5-3-4-6-17(16)14-18/h3-8,18-19H,2,9-15H2,1H3,(H,25,26). The number of hydrogen-bond acceptors (Lipinski definition) is 6. The van der Waals surface area contributed by atoms with E-state index in [-0.39, 0.29) is 17.7 Å². The predicted octanol–water partition coefficient (Wildman–Crippen LogP) is 2.16. The maximum Gasteiger partial charge on any atom is 0.235 e. The minimum Gasteiger partial charge on any atom is -0.378 e. The molecule has 0 bridgehead atoms. The molecule has 162 valence electrons. The fraction of sp³-hybridized carbons (Fsp3) is 0.458. The Morgan fingerprint density at radius 2 is 1.84 bits per heavy atom. The van der Waals surface area contributed by atoms with E-state index in [1.165, 1.54) is 11.1 Å². The van der Waals surface area contributed by atoms with Crippen LogP contribution in [0, 0.1) is 5.92 Å². The summed E-state index contributed by atoms with van der Waals surface area (Å²) in [6.07, 6.45) is 1.89. The molecule has 31 heavy (non-hydrogen) atoms. The van der Waals surface area contributed by atoms with Crippen LogP contribution in [0.3, 0.4) is 0 Å². The summed E-state index contributed by atoms with van der Waals surface area (Å²) in [5, 5.41) is 3.51. The second-order valence-electron chi connectivity index (χ2n) is 8.48. The number of amides is 1. The van der Waals surface area contributed by atoms with Gasteiger partial charge in [-0.25, -0.2) is 4.98 Å². The molecule has 1 fully saturated rings. The van der Waals surface area contributed by atoms with Gasteiger partial charge >= 0.3 is 0 Å². The molecule has 0 spiro atoms. The smallest absolute Gasteiger partial charge is 0.235 e. The molecule has 3 heterocycles. The Morgan fingerprint density at radius 1 is 1.13 bits per heavy atom. The number of morpholine rings is 1. The van der Waals surface area contributed by atoms with E-state index in [2.05, 4.69) is 34.5 Å². The molecule has 7 nitrogen and oxygen atoms in total. The van der Waals surface area contributed by atoms with E-state index in [1.807, 2.05) is 19.1 Å². The molecule has 5 rings (SSSR count). The number of Topliss-reactive ketones (excluding diaryl/α,β-unsaturated/α-hetero) is 1. The Hall–Kier alpha value is -2.93. The van der Waals surface area contributed by atoms with E-state index in [4.69, 9.17) is 9.72 Å². The van der Waals surface area contributed by atoms with Crippen LogP contribution in [-0.2, 0) is 22.4 Å². The molecule has 1 aromatic carbocycles. The normalized spacial score (nSPS) is 21.1. The maximum absolute atomic E-state index is 13.3. The average Bonchev–Trinajstić information content (AvgIpc) is 3.22. The van der Waals surface area contributed by atoms with Crippen LogP contribution in [0.4, 0.5) is 11.5 Å². The van der Waals surface area contributed by atoms with Gasteiger partial charge in [0.1, 0.15) is 17.4 Å². The summed E-state index contributed by atoms with van der Waals surface area (Å²) < 4.78 is 5.36. The number of anilines is 2. The third kappa shape index (κ3) is 3.78. The first-order valence-corrected chi connectivity index (χ1v) is 11.1. The molecule has 1 saturated heterocycles. The van der Waals surface area contributed by atoms with Crippen molar-refractivity contribution in [3.05, 3.63) is 53.2 Å². The molecular weight excluding hydrogens is 392 g/mol. The van der Waals surface area contributed by atoms with E-state index in [0.717, 1.165) is 25.1 Å². The molecule has 0 radical (unpaired) electrons. The van der Waals surface area contributed by atoms with Crippen LogP contribution in [-0.4, -0.2) is 67.0 Å². The van der Waals surface area contributed by atoms with Gasteiger partial charge in [-0.2, -0.15) is 0 Å². The number of rotatable bonds is 4. The largest absolute Gasteiger partial charge is 0.378 e. The van der Waals surface area contributed by atoms with Crippen LogP contribution < -0.4 is 10.2 Å². The van der Waals surface area contributed by atoms with Gasteiger partial charge in [-0.3, -0.25) is 9.59 Å². The van der Waals surface area contributed by atoms with Gasteiger partial charge in [-0.05, 0) is 43.0 Å². The number of nitrogens with one attached hydrogen (secondary N) is 1. The minimum atomic E-state index is -0.705. The zero-order valence-corrected chi connectivity index (χ0v) is 17.8. The van der Waals surface area contributed by atoms with E-state index in [0.29, 0.717) is 44.4 Å². The number of ether oxygens (including phenoxy) is 1. The third-order valence-corrected chi connectivity index (χ3v) is 6.57. The van der Waals surface area contributed by atoms with Gasteiger partial charge in [0.25, 0.3) is 0 Å². The summed E-state index contributed by atoms with van der Waals surface area (Å²) in [5.41, 5.74) is 3.95. The number of benzene rings is 1. The van der Waals surface area contributed by atoms with Crippen molar-refractivity contribution < 1.29 is 14.3 Å². The topological polar surface area (TPSA) is 74.8 Å². The molecule has 1 unspecified atom stereocenters. The Bertz CT molecular complexity index is 977. The highest BCUT2D eigenvalue weighted by Gasteiger charge is 2.39. The monoisotopic (exact) mass is 420 g/mol. The van der Waals surface area contributed by atoms with Crippen molar-refractivity contribution in [1.29, 1.82) is 0 Å². The fourth-order valence-electron chi connectivity index (χ4n) is 4.90. The van der Waals surface area contributed by atoms with E-state index < -0.39 is 5.92 Å². The molecule has 2 aromatic rings. The number of aromatic nitrogens is 1. The van der Waals surface area contributed by atoms with Crippen molar-refractivity contribution in [3.63, 3.8) is 0 Å². The molecule has 1 atom stereocenters. The van der Waals surface area contributed by atoms with Crippen molar-refractivity contribution in [3.8, 4) is 0 Å². The number of fused-ring (bicyclic) bond motifs is 2. The highest BCUT2D eigenvalue weighted by atomic mass is 16.5. The van der Waals surface area contributed by atoms with Crippen molar-refractivity contribution in [1.82, 2.24) is 9.88 Å². The number of hydrogen-bond donors (Lipinski definition) is 1. The molecule has 1 aliphatic carbocycles. The summed E-state index contributed by atoms with van der Waals surface area (Å²) in [4.78, 5) is 35.0. The van der Waals surface area contributed by atoms with Crippen molar-refractivity contribution in [2.75, 3.05) is 49.6 Å². The summed E-state index contributed by atoms with van der Waals surface area (Å²) in [7, 11) is 0. The quantitative estimate of drug-likeness (QED) is 0.764. The Kier molecular flexibility index (Phi) is 5.36. The van der Waals surface area contributed by atoms with Crippen LogP contribution in [0.25, 0.3) is 0 Å². The lowest BCUT2D eigenvalue weighted by atomic mass is 9.93. The highest BCUT2D eigenvalue weighted by Crippen LogP contribution is 2.31. The lowest BCUT2D eigenvalue weighted by molar-refractivity contribution is -0.137. The van der Waals surface area contributed by atoms with Gasteiger partial charge < -0.3 is 19.9 Å². The Balaban J connectivity index is 1.37. The third-order valence-electron chi connectivity index (χ3n) is 6.57. The molecule has 3 aliphatic rings. The zero-order valence-electron chi connectivity index (χ0n) is 17.8. The number of nitrogens with zero attached hydrogens (tertiary/aromatic N) is 3. The predicted molar refractivity (Wildman–Crippen MR) is 119 cm³/mol. The van der Waals surface area contributed by atoms with Crippen LogP contribution in [0.2, 0.25) is 0 Å². The number of carbonyl (C=O) groups excluding carboxylic acids is 2. The summed E-state index contributed by atoms with van der Waals surface area (Å²) in [6.45, 7) is 5.30. The van der Waals surface area contributed by atoms with E-state index in [9.17, 15) is 9.59 Å². The lowest BCUT2D eigenvalue weighted by Gasteiger charge is -2.36. The van der Waals surface area contributed by atoms with Gasteiger partial charge in [0.15, 0.2) is 5.78 Å². The molecule has 1 aromatic heterocycles. The first-order valence-electron chi connectivity index (χ1n) is 11.1. The lowest BCUT2D eigenvalue weighted by Crippen LogP contribution is -2.51. The van der Waals surface area contributed by atoms with E-state index >= 15 is 0 Å². The summed E-state index contributed by atoms with van der Waals surface area (Å²) in [5.74, 6) is -0.289. The van der Waals surface area contributed by atoms with Crippen LogP contribution in [0.5, 0.6) is 0 Å². The number of pyridine rings is 1. The first kappa shape index (κ1) is 20.0. The van der Waals surface area contributed by atoms with Crippen molar-refractivity contribution >= 4 is 23.2 Å². The van der Waals surface area contributed by atoms with Gasteiger partial charge in [-0.1, -0.05) is 24.3 Å². The van der Waals surface area contributed by atoms with Gasteiger partial charge in [0.05, 0.1) is 18.9 Å². The Labute approximate surface area is 182 Å². The average molecular weight is 421 g/mol. The molecule has 2 aliphatic heterocycles. The molecule has 1 amide bonds. The molecule has 7 heteroatoms. The second kappa shape index (κ2) is 8.30. The Morgan fingerprint density at radius 3 is 2.52 bits per heavy atom. The maximum atomic E-state index is 13.3. The fourth-order valence-corrected chi connectivity index (χ4v) is 4.90. The SMILES string of the molecule is CCN1CC(C(=O)N2CCOCC2)C(=O)c2nc(NC3Cc4ccccc4C3)ccc21. The summed E-state index contributed by atoms with van der Waals surface area (Å²) in [6, 6.07) is 12.6. The van der Waals surface area contributed by atoms with Crippen LogP contribution >= 0.6 is 0 Å². The summed E-state index contributed by atoms with van der Waals surface area (Å²) >= 11 is 0. The van der Waals surface area contributed by atoms with Gasteiger partial charge in [0.2, 0.25) is 5.91 Å². The minimum absolute atomic E-state index is 0.108. The van der Waals surface area contributed by atoms with Crippen molar-refractivity contribution in [2.45, 2.75) is 25.8 Å². The van der Waals surface area contributed by atoms with Crippen molar-refractivity contribution in [2.24, 2.45) is 5.92 Å². The van der Waals surface area contributed by atoms with Crippen LogP contribution in [0.15, 0.2) is 36.4 Å². The molecule has 0 saturated carbocycles. The molecular formula is C24H28N4O3. The molecule has 1 N–H and O–H groups in total. The highest BCUT2D eigenvalue weighted by molar-refractivity contribution is 6.13. The van der Waals surface area contributed by atoms with Gasteiger partial charge in [0, 0.05) is 32.2 Å². The first-order chi connectivity index (χ1) is 15.1. The van der Waals surface area contributed by atoms with Gasteiger partial charge in [-0.15, -0.1) is 0 Å². The second-order valence-corrected chi connectivity index (χ2v) is 8.48.